The highest BCUT2D eigenvalue weighted by molar-refractivity contribution is 5.68. The van der Waals surface area contributed by atoms with Gasteiger partial charge in [-0.15, -0.1) is 6.58 Å². The van der Waals surface area contributed by atoms with E-state index in [1.807, 2.05) is 11.0 Å². The van der Waals surface area contributed by atoms with Crippen molar-refractivity contribution >= 4 is 6.09 Å². The first-order chi connectivity index (χ1) is 7.76. The van der Waals surface area contributed by atoms with Crippen LogP contribution in [0.25, 0.3) is 0 Å². The molecule has 0 aromatic rings. The molecule has 3 heteroatoms. The lowest BCUT2D eigenvalue weighted by Gasteiger charge is -2.47. The molecule has 0 radical (unpaired) electrons. The van der Waals surface area contributed by atoms with E-state index in [9.17, 15) is 4.79 Å². The zero-order valence-corrected chi connectivity index (χ0v) is 10.0. The van der Waals surface area contributed by atoms with Crippen molar-refractivity contribution in [2.24, 2.45) is 5.92 Å². The van der Waals surface area contributed by atoms with Gasteiger partial charge in [0, 0.05) is 12.1 Å². The highest BCUT2D eigenvalue weighted by Crippen LogP contribution is 2.38. The third-order valence-corrected chi connectivity index (χ3v) is 3.96. The fourth-order valence-electron chi connectivity index (χ4n) is 3.33. The third kappa shape index (κ3) is 2.08. The largest absolute Gasteiger partial charge is 0.453 e. The Morgan fingerprint density at radius 1 is 1.44 bits per heavy atom. The van der Waals surface area contributed by atoms with Crippen molar-refractivity contribution in [3.05, 3.63) is 12.7 Å². The van der Waals surface area contributed by atoms with E-state index < -0.39 is 0 Å². The molecule has 2 fully saturated rings. The van der Waals surface area contributed by atoms with Crippen LogP contribution in [-0.2, 0) is 4.74 Å². The normalized spacial score (nSPS) is 33.3. The number of hydrogen-bond donors (Lipinski definition) is 0. The van der Waals surface area contributed by atoms with Crippen LogP contribution >= 0.6 is 0 Å². The van der Waals surface area contributed by atoms with Gasteiger partial charge in [0.1, 0.15) is 0 Å². The molecule has 0 aliphatic carbocycles. The number of nitrogens with zero attached hydrogens (tertiary/aromatic N) is 1. The molecule has 1 unspecified atom stereocenters. The van der Waals surface area contributed by atoms with Crippen molar-refractivity contribution in [3.63, 3.8) is 0 Å². The van der Waals surface area contributed by atoms with Gasteiger partial charge in [0.15, 0.2) is 0 Å². The van der Waals surface area contributed by atoms with E-state index in [-0.39, 0.29) is 6.09 Å². The smallest absolute Gasteiger partial charge is 0.409 e. The van der Waals surface area contributed by atoms with E-state index in [1.54, 1.807) is 0 Å². The molecule has 2 saturated heterocycles. The average Bonchev–Trinajstić information content (AvgIpc) is 2.27. The Balaban J connectivity index is 2.07. The highest BCUT2D eigenvalue weighted by atomic mass is 16.5. The van der Waals surface area contributed by atoms with Crippen LogP contribution in [0.15, 0.2) is 12.7 Å². The van der Waals surface area contributed by atoms with Gasteiger partial charge in [-0.25, -0.2) is 4.79 Å². The van der Waals surface area contributed by atoms with Gasteiger partial charge in [-0.05, 0) is 44.4 Å². The molecule has 2 heterocycles. The molecule has 2 aliphatic rings. The summed E-state index contributed by atoms with van der Waals surface area (Å²) in [6, 6.07) is 0.815. The van der Waals surface area contributed by atoms with Gasteiger partial charge in [0.25, 0.3) is 0 Å². The van der Waals surface area contributed by atoms with Gasteiger partial charge in [-0.3, -0.25) is 0 Å². The van der Waals surface area contributed by atoms with E-state index in [0.717, 1.165) is 32.1 Å². The first kappa shape index (κ1) is 11.5. The summed E-state index contributed by atoms with van der Waals surface area (Å²) >= 11 is 0. The maximum absolute atomic E-state index is 11.7. The maximum Gasteiger partial charge on any atom is 0.409 e. The van der Waals surface area contributed by atoms with Gasteiger partial charge in [-0.2, -0.15) is 0 Å². The van der Waals surface area contributed by atoms with Crippen molar-refractivity contribution in [3.8, 4) is 0 Å². The summed E-state index contributed by atoms with van der Waals surface area (Å²) < 4.78 is 4.89. The Morgan fingerprint density at radius 3 is 2.56 bits per heavy atom. The standard InChI is InChI=1S/C13H21NO2/c1-3-5-10-8-11-6-4-7-12(9-10)14(11)13(15)16-2/h3,10-12H,1,4-9H2,2H3/t10?,11-,12+. The lowest BCUT2D eigenvalue weighted by molar-refractivity contribution is 0.0142. The van der Waals surface area contributed by atoms with Crippen molar-refractivity contribution in [1.82, 2.24) is 4.90 Å². The molecule has 0 aromatic carbocycles. The topological polar surface area (TPSA) is 29.5 Å². The molecule has 0 N–H and O–H groups in total. The minimum Gasteiger partial charge on any atom is -0.453 e. The van der Waals surface area contributed by atoms with Crippen molar-refractivity contribution in [2.45, 2.75) is 50.6 Å². The Labute approximate surface area is 97.5 Å². The summed E-state index contributed by atoms with van der Waals surface area (Å²) in [5.41, 5.74) is 0. The molecule has 2 bridgehead atoms. The first-order valence-corrected chi connectivity index (χ1v) is 6.23. The molecule has 3 atom stereocenters. The Kier molecular flexibility index (Phi) is 3.52. The minimum absolute atomic E-state index is 0.133. The summed E-state index contributed by atoms with van der Waals surface area (Å²) in [5, 5.41) is 0. The van der Waals surface area contributed by atoms with E-state index in [2.05, 4.69) is 6.58 Å². The van der Waals surface area contributed by atoms with E-state index in [4.69, 9.17) is 4.74 Å². The summed E-state index contributed by atoms with van der Waals surface area (Å²) in [6.07, 6.45) is 8.74. The second-order valence-corrected chi connectivity index (χ2v) is 4.98. The number of fused-ring (bicyclic) bond motifs is 2. The molecule has 2 aliphatic heterocycles. The maximum atomic E-state index is 11.7. The quantitative estimate of drug-likeness (QED) is 0.674. The second kappa shape index (κ2) is 4.89. The van der Waals surface area contributed by atoms with Gasteiger partial charge in [0.2, 0.25) is 0 Å². The van der Waals surface area contributed by atoms with E-state index in [0.29, 0.717) is 18.0 Å². The lowest BCUT2D eigenvalue weighted by Crippen LogP contribution is -2.54. The zero-order chi connectivity index (χ0) is 11.5. The molecular weight excluding hydrogens is 202 g/mol. The lowest BCUT2D eigenvalue weighted by atomic mass is 9.77. The van der Waals surface area contributed by atoms with Crippen LogP contribution < -0.4 is 0 Å². The zero-order valence-electron chi connectivity index (χ0n) is 10.0. The number of amides is 1. The van der Waals surface area contributed by atoms with Gasteiger partial charge >= 0.3 is 6.09 Å². The number of carbonyl (C=O) groups excluding carboxylic acids is 1. The molecule has 3 nitrogen and oxygen atoms in total. The molecule has 2 rings (SSSR count). The van der Waals surface area contributed by atoms with Crippen LogP contribution in [0, 0.1) is 5.92 Å². The monoisotopic (exact) mass is 223 g/mol. The highest BCUT2D eigenvalue weighted by Gasteiger charge is 2.40. The predicted octanol–water partition coefficient (Wildman–Crippen LogP) is 2.96. The number of hydrogen-bond acceptors (Lipinski definition) is 2. The number of piperidine rings is 2. The fourth-order valence-corrected chi connectivity index (χ4v) is 3.33. The van der Waals surface area contributed by atoms with Gasteiger partial charge in [-0.1, -0.05) is 6.08 Å². The second-order valence-electron chi connectivity index (χ2n) is 4.98. The van der Waals surface area contributed by atoms with Crippen LogP contribution in [0.1, 0.15) is 38.5 Å². The summed E-state index contributed by atoms with van der Waals surface area (Å²) in [5.74, 6) is 0.716. The van der Waals surface area contributed by atoms with E-state index >= 15 is 0 Å². The number of carbonyl (C=O) groups is 1. The number of rotatable bonds is 2. The van der Waals surface area contributed by atoms with Crippen LogP contribution in [-0.4, -0.2) is 30.2 Å². The van der Waals surface area contributed by atoms with Crippen LogP contribution in [0.3, 0.4) is 0 Å². The molecule has 1 amide bonds. The van der Waals surface area contributed by atoms with Crippen molar-refractivity contribution in [1.29, 1.82) is 0 Å². The summed E-state index contributed by atoms with van der Waals surface area (Å²) in [4.78, 5) is 13.7. The van der Waals surface area contributed by atoms with Crippen LogP contribution in [0.2, 0.25) is 0 Å². The number of methoxy groups -OCH3 is 1. The fraction of sp³-hybridized carbons (Fsp3) is 0.769. The summed E-state index contributed by atoms with van der Waals surface area (Å²) in [7, 11) is 1.48. The summed E-state index contributed by atoms with van der Waals surface area (Å²) in [6.45, 7) is 3.81. The first-order valence-electron chi connectivity index (χ1n) is 6.23. The Hall–Kier alpha value is -0.990. The SMILES string of the molecule is C=CCC1C[C@H]2CCC[C@@H](C1)N2C(=O)OC. The number of allylic oxidation sites excluding steroid dienone is 1. The minimum atomic E-state index is -0.133. The van der Waals surface area contributed by atoms with Crippen LogP contribution in [0.5, 0.6) is 0 Å². The molecular formula is C13H21NO2. The molecule has 0 spiro atoms. The Morgan fingerprint density at radius 2 is 2.06 bits per heavy atom. The predicted molar refractivity (Wildman–Crippen MR) is 63.2 cm³/mol. The Bertz CT molecular complexity index is 263. The van der Waals surface area contributed by atoms with Crippen molar-refractivity contribution in [2.75, 3.05) is 7.11 Å². The molecule has 16 heavy (non-hydrogen) atoms. The number of ether oxygens (including phenoxy) is 1. The van der Waals surface area contributed by atoms with Gasteiger partial charge in [0.05, 0.1) is 7.11 Å². The van der Waals surface area contributed by atoms with E-state index in [1.165, 1.54) is 13.5 Å². The molecule has 0 saturated carbocycles. The average molecular weight is 223 g/mol. The van der Waals surface area contributed by atoms with Crippen LogP contribution in [0.4, 0.5) is 4.79 Å². The molecule has 90 valence electrons. The third-order valence-electron chi connectivity index (χ3n) is 3.96. The molecule has 0 aromatic heterocycles. The van der Waals surface area contributed by atoms with Gasteiger partial charge < -0.3 is 9.64 Å². The van der Waals surface area contributed by atoms with Crippen molar-refractivity contribution < 1.29 is 9.53 Å².